The highest BCUT2D eigenvalue weighted by molar-refractivity contribution is 5.94. The molecule has 3 amide bonds. The zero-order valence-electron chi connectivity index (χ0n) is 11.8. The Morgan fingerprint density at radius 1 is 1.18 bits per heavy atom. The number of urea groups is 1. The molecule has 1 heterocycles. The number of carbonyl (C=O) groups excluding carboxylic acids is 2. The molecule has 0 atom stereocenters. The molecule has 6 heteroatoms. The summed E-state index contributed by atoms with van der Waals surface area (Å²) < 4.78 is 5.07. The first-order valence-corrected chi connectivity index (χ1v) is 6.58. The van der Waals surface area contributed by atoms with Gasteiger partial charge < -0.3 is 20.4 Å². The van der Waals surface area contributed by atoms with Gasteiger partial charge in [0.15, 0.2) is 0 Å². The van der Waals surface area contributed by atoms with Crippen LogP contribution in [0.3, 0.4) is 0 Å². The van der Waals surface area contributed by atoms with E-state index in [1.807, 2.05) is 0 Å². The monoisotopic (exact) mass is 297 g/mol. The fourth-order valence-electron chi connectivity index (χ4n) is 1.70. The first-order chi connectivity index (χ1) is 10.7. The van der Waals surface area contributed by atoms with Gasteiger partial charge in [0.2, 0.25) is 5.91 Å². The maximum absolute atomic E-state index is 11.7. The van der Waals surface area contributed by atoms with E-state index in [9.17, 15) is 9.59 Å². The summed E-state index contributed by atoms with van der Waals surface area (Å²) in [6, 6.07) is 9.91. The lowest BCUT2D eigenvalue weighted by molar-refractivity contribution is -0.115. The molecule has 0 aliphatic carbocycles. The number of carbonyl (C=O) groups is 2. The summed E-state index contributed by atoms with van der Waals surface area (Å²) in [6.45, 7) is 0.106. The zero-order valence-corrected chi connectivity index (χ0v) is 11.8. The number of furan rings is 1. The average molecular weight is 297 g/mol. The lowest BCUT2D eigenvalue weighted by Gasteiger charge is -2.08. The van der Waals surface area contributed by atoms with E-state index in [1.165, 1.54) is 6.26 Å². The van der Waals surface area contributed by atoms with E-state index in [1.54, 1.807) is 36.4 Å². The normalized spacial score (nSPS) is 9.59. The van der Waals surface area contributed by atoms with Crippen LogP contribution in [0.5, 0.6) is 0 Å². The second kappa shape index (κ2) is 7.55. The highest BCUT2D eigenvalue weighted by Gasteiger charge is 2.06. The van der Waals surface area contributed by atoms with Crippen LogP contribution in [0, 0.1) is 12.3 Å². The Labute approximate surface area is 127 Å². The number of rotatable bonds is 5. The second-order valence-corrected chi connectivity index (χ2v) is 4.39. The topological polar surface area (TPSA) is 83.4 Å². The molecule has 0 saturated heterocycles. The molecule has 112 valence electrons. The molecule has 0 radical (unpaired) electrons. The van der Waals surface area contributed by atoms with Gasteiger partial charge in [-0.2, -0.15) is 0 Å². The Hall–Kier alpha value is -3.20. The van der Waals surface area contributed by atoms with Crippen LogP contribution < -0.4 is 16.0 Å². The highest BCUT2D eigenvalue weighted by atomic mass is 16.3. The van der Waals surface area contributed by atoms with Gasteiger partial charge in [0.05, 0.1) is 19.4 Å². The number of hydrogen-bond acceptors (Lipinski definition) is 3. The fourth-order valence-corrected chi connectivity index (χ4v) is 1.70. The lowest BCUT2D eigenvalue weighted by Crippen LogP contribution is -2.39. The number of hydrogen-bond donors (Lipinski definition) is 3. The second-order valence-electron chi connectivity index (χ2n) is 4.39. The van der Waals surface area contributed by atoms with Crippen molar-refractivity contribution in [1.29, 1.82) is 0 Å². The molecule has 1 aromatic carbocycles. The van der Waals surface area contributed by atoms with Gasteiger partial charge in [-0.15, -0.1) is 6.42 Å². The van der Waals surface area contributed by atoms with Gasteiger partial charge in [-0.05, 0) is 30.3 Å². The first kappa shape index (κ1) is 15.2. The molecule has 0 fully saturated rings. The van der Waals surface area contributed by atoms with Crippen molar-refractivity contribution >= 4 is 17.6 Å². The maximum atomic E-state index is 11.7. The first-order valence-electron chi connectivity index (χ1n) is 6.58. The molecule has 0 bridgehead atoms. The number of nitrogens with one attached hydrogen (secondary N) is 3. The molecule has 6 nitrogen and oxygen atoms in total. The Balaban J connectivity index is 1.72. The average Bonchev–Trinajstić information content (AvgIpc) is 3.04. The van der Waals surface area contributed by atoms with Gasteiger partial charge in [0.1, 0.15) is 5.76 Å². The van der Waals surface area contributed by atoms with Gasteiger partial charge in [-0.1, -0.05) is 12.0 Å². The van der Waals surface area contributed by atoms with Crippen molar-refractivity contribution in [3.05, 3.63) is 54.0 Å². The van der Waals surface area contributed by atoms with Crippen molar-refractivity contribution in [2.45, 2.75) is 6.54 Å². The van der Waals surface area contributed by atoms with Crippen LogP contribution in [0.1, 0.15) is 11.3 Å². The van der Waals surface area contributed by atoms with Crippen LogP contribution in [0.25, 0.3) is 0 Å². The Morgan fingerprint density at radius 2 is 2.05 bits per heavy atom. The fraction of sp³-hybridized carbons (Fsp3) is 0.125. The number of terminal acetylenes is 1. The maximum Gasteiger partial charge on any atom is 0.315 e. The number of amides is 3. The van der Waals surface area contributed by atoms with Crippen LogP contribution >= 0.6 is 0 Å². The third-order valence-electron chi connectivity index (χ3n) is 2.73. The molecular weight excluding hydrogens is 282 g/mol. The quantitative estimate of drug-likeness (QED) is 0.734. The molecule has 0 aliphatic heterocycles. The van der Waals surface area contributed by atoms with E-state index in [0.29, 0.717) is 17.0 Å². The molecule has 2 rings (SSSR count). The molecule has 0 aliphatic rings. The van der Waals surface area contributed by atoms with Crippen molar-refractivity contribution in [1.82, 2.24) is 10.6 Å². The summed E-state index contributed by atoms with van der Waals surface area (Å²) >= 11 is 0. The third kappa shape index (κ3) is 4.72. The highest BCUT2D eigenvalue weighted by Crippen LogP contribution is 2.09. The van der Waals surface area contributed by atoms with E-state index in [0.717, 1.165) is 0 Å². The van der Waals surface area contributed by atoms with Crippen molar-refractivity contribution in [2.75, 3.05) is 11.9 Å². The summed E-state index contributed by atoms with van der Waals surface area (Å²) in [7, 11) is 0. The van der Waals surface area contributed by atoms with Gasteiger partial charge in [-0.25, -0.2) is 4.79 Å². The molecular formula is C16H15N3O3. The minimum atomic E-state index is -0.455. The predicted octanol–water partition coefficient (Wildman–Crippen LogP) is 1.70. The Kier molecular flexibility index (Phi) is 5.21. The van der Waals surface area contributed by atoms with E-state index < -0.39 is 6.03 Å². The Morgan fingerprint density at radius 3 is 2.77 bits per heavy atom. The van der Waals surface area contributed by atoms with Crippen LogP contribution in [-0.2, 0) is 11.3 Å². The van der Waals surface area contributed by atoms with Crippen molar-refractivity contribution < 1.29 is 14.0 Å². The van der Waals surface area contributed by atoms with Gasteiger partial charge in [-0.3, -0.25) is 4.79 Å². The number of benzene rings is 1. The van der Waals surface area contributed by atoms with Crippen molar-refractivity contribution in [3.63, 3.8) is 0 Å². The smallest absolute Gasteiger partial charge is 0.315 e. The van der Waals surface area contributed by atoms with Crippen LogP contribution in [-0.4, -0.2) is 18.5 Å². The lowest BCUT2D eigenvalue weighted by atomic mass is 10.2. The zero-order chi connectivity index (χ0) is 15.8. The minimum absolute atomic E-state index is 0.149. The van der Waals surface area contributed by atoms with E-state index >= 15 is 0 Å². The summed E-state index contributed by atoms with van der Waals surface area (Å²) in [5.74, 6) is 2.77. The summed E-state index contributed by atoms with van der Waals surface area (Å²) in [5.41, 5.74) is 1.25. The van der Waals surface area contributed by atoms with Crippen LogP contribution in [0.4, 0.5) is 10.5 Å². The summed E-state index contributed by atoms with van der Waals surface area (Å²) in [5, 5.41) is 7.67. The van der Waals surface area contributed by atoms with E-state index in [-0.39, 0.29) is 19.0 Å². The van der Waals surface area contributed by atoms with Crippen molar-refractivity contribution in [3.8, 4) is 12.3 Å². The van der Waals surface area contributed by atoms with Crippen LogP contribution in [0.15, 0.2) is 47.1 Å². The molecule has 1 aromatic heterocycles. The molecule has 0 unspecified atom stereocenters. The standard InChI is InChI=1S/C16H15N3O3/c1-2-12-5-3-6-13(9-12)19-15(20)11-18-16(21)17-10-14-7-4-8-22-14/h1,3-9H,10-11H2,(H,19,20)(H2,17,18,21). The third-order valence-corrected chi connectivity index (χ3v) is 2.73. The predicted molar refractivity (Wildman–Crippen MR) is 82.0 cm³/mol. The van der Waals surface area contributed by atoms with Crippen molar-refractivity contribution in [2.24, 2.45) is 0 Å². The van der Waals surface area contributed by atoms with Crippen LogP contribution in [0.2, 0.25) is 0 Å². The SMILES string of the molecule is C#Cc1cccc(NC(=O)CNC(=O)NCc2ccco2)c1. The summed E-state index contributed by atoms with van der Waals surface area (Å²) in [6.07, 6.45) is 6.81. The molecule has 0 saturated carbocycles. The minimum Gasteiger partial charge on any atom is -0.467 e. The number of anilines is 1. The van der Waals surface area contributed by atoms with Gasteiger partial charge in [0, 0.05) is 11.3 Å². The molecule has 2 aromatic rings. The van der Waals surface area contributed by atoms with Gasteiger partial charge >= 0.3 is 6.03 Å². The summed E-state index contributed by atoms with van der Waals surface area (Å²) in [4.78, 5) is 23.3. The van der Waals surface area contributed by atoms with Gasteiger partial charge in [0.25, 0.3) is 0 Å². The van der Waals surface area contributed by atoms with E-state index in [2.05, 4.69) is 21.9 Å². The molecule has 22 heavy (non-hydrogen) atoms. The largest absolute Gasteiger partial charge is 0.467 e. The van der Waals surface area contributed by atoms with E-state index in [4.69, 9.17) is 10.8 Å². The molecule has 0 spiro atoms. The Bertz CT molecular complexity index is 687. The molecule has 3 N–H and O–H groups in total.